The van der Waals surface area contributed by atoms with Gasteiger partial charge in [0.05, 0.1) is 16.3 Å². The minimum Gasteiger partial charge on any atom is -0.360 e. The van der Waals surface area contributed by atoms with Gasteiger partial charge in [-0.1, -0.05) is 22.8 Å². The molecule has 1 aliphatic rings. The van der Waals surface area contributed by atoms with Crippen molar-refractivity contribution in [1.82, 2.24) is 20.0 Å². The SMILES string of the molecule is Cc1onc2c1c(=O)n(C1CCC(NC(=O)CSc3ccncc3)C1)c1cccc(Cl)c21. The number of rotatable bonds is 5. The number of hydrogen-bond acceptors (Lipinski definition) is 6. The first-order valence-corrected chi connectivity index (χ1v) is 11.8. The van der Waals surface area contributed by atoms with Gasteiger partial charge in [-0.05, 0) is 50.5 Å². The topological polar surface area (TPSA) is 90.0 Å². The summed E-state index contributed by atoms with van der Waals surface area (Å²) in [6.45, 7) is 1.74. The molecule has 0 aliphatic heterocycles. The normalized spacial score (nSPS) is 18.4. The highest BCUT2D eigenvalue weighted by molar-refractivity contribution is 8.00. The molecule has 5 rings (SSSR count). The van der Waals surface area contributed by atoms with Gasteiger partial charge in [0.25, 0.3) is 5.56 Å². The highest BCUT2D eigenvalue weighted by Gasteiger charge is 2.30. The van der Waals surface area contributed by atoms with Crippen molar-refractivity contribution in [3.63, 3.8) is 0 Å². The van der Waals surface area contributed by atoms with E-state index in [-0.39, 0.29) is 23.6 Å². The van der Waals surface area contributed by atoms with E-state index in [0.717, 1.165) is 28.6 Å². The Morgan fingerprint density at radius 2 is 2.06 bits per heavy atom. The second kappa shape index (κ2) is 8.60. The number of pyridine rings is 2. The summed E-state index contributed by atoms with van der Waals surface area (Å²) >= 11 is 7.98. The maximum absolute atomic E-state index is 13.4. The Morgan fingerprint density at radius 3 is 2.88 bits per heavy atom. The lowest BCUT2D eigenvalue weighted by molar-refractivity contribution is -0.119. The molecule has 1 saturated carbocycles. The first kappa shape index (κ1) is 21.0. The van der Waals surface area contributed by atoms with Gasteiger partial charge in [-0.25, -0.2) is 0 Å². The lowest BCUT2D eigenvalue weighted by Gasteiger charge is -2.19. The predicted molar refractivity (Wildman–Crippen MR) is 125 cm³/mol. The van der Waals surface area contributed by atoms with Crippen LogP contribution in [0.5, 0.6) is 0 Å². The van der Waals surface area contributed by atoms with E-state index in [2.05, 4.69) is 15.5 Å². The van der Waals surface area contributed by atoms with Gasteiger partial charge in [0.15, 0.2) is 0 Å². The molecule has 2 atom stereocenters. The number of carbonyl (C=O) groups is 1. The van der Waals surface area contributed by atoms with Crippen LogP contribution in [0.2, 0.25) is 5.02 Å². The van der Waals surface area contributed by atoms with E-state index in [1.165, 1.54) is 11.8 Å². The van der Waals surface area contributed by atoms with E-state index in [1.807, 2.05) is 28.8 Å². The number of benzene rings is 1. The van der Waals surface area contributed by atoms with E-state index < -0.39 is 0 Å². The van der Waals surface area contributed by atoms with Crippen molar-refractivity contribution in [2.75, 3.05) is 5.75 Å². The monoisotopic (exact) mass is 468 g/mol. The molecule has 9 heteroatoms. The van der Waals surface area contributed by atoms with Gasteiger partial charge in [0.2, 0.25) is 5.91 Å². The number of carbonyl (C=O) groups excluding carboxylic acids is 1. The van der Waals surface area contributed by atoms with Crippen LogP contribution in [0.15, 0.2) is 56.9 Å². The fraction of sp³-hybridized carbons (Fsp3) is 0.304. The Balaban J connectivity index is 1.39. The standard InChI is InChI=1S/C23H21ClN4O3S/c1-13-20-22(27-31-13)21-17(24)3-2-4-18(21)28(23(20)30)15-6-5-14(11-15)26-19(29)12-32-16-7-9-25-10-8-16/h2-4,7-10,14-15H,5-6,11-12H2,1H3,(H,26,29). The minimum absolute atomic E-state index is 0.0111. The summed E-state index contributed by atoms with van der Waals surface area (Å²) in [4.78, 5) is 30.9. The van der Waals surface area contributed by atoms with Crippen molar-refractivity contribution in [2.24, 2.45) is 0 Å². The molecule has 2 unspecified atom stereocenters. The Hall–Kier alpha value is -2.84. The van der Waals surface area contributed by atoms with Crippen LogP contribution in [0.3, 0.4) is 0 Å². The van der Waals surface area contributed by atoms with Crippen molar-refractivity contribution < 1.29 is 9.32 Å². The van der Waals surface area contributed by atoms with Crippen molar-refractivity contribution in [3.8, 4) is 0 Å². The molecule has 3 heterocycles. The minimum atomic E-state index is -0.126. The highest BCUT2D eigenvalue weighted by Crippen LogP contribution is 2.36. The van der Waals surface area contributed by atoms with E-state index in [4.69, 9.17) is 16.1 Å². The van der Waals surface area contributed by atoms with Crippen LogP contribution in [0.1, 0.15) is 31.1 Å². The molecule has 1 aliphatic carbocycles. The third kappa shape index (κ3) is 3.78. The molecule has 164 valence electrons. The molecule has 0 spiro atoms. The van der Waals surface area contributed by atoms with Gasteiger partial charge in [-0.15, -0.1) is 11.8 Å². The van der Waals surface area contributed by atoms with Crippen molar-refractivity contribution in [1.29, 1.82) is 0 Å². The van der Waals surface area contributed by atoms with Gasteiger partial charge < -0.3 is 14.4 Å². The van der Waals surface area contributed by atoms with E-state index >= 15 is 0 Å². The zero-order chi connectivity index (χ0) is 22.2. The Labute approximate surface area is 193 Å². The average Bonchev–Trinajstić information content (AvgIpc) is 3.40. The summed E-state index contributed by atoms with van der Waals surface area (Å²) in [6, 6.07) is 9.27. The molecule has 1 N–H and O–H groups in total. The Bertz CT molecular complexity index is 1370. The average molecular weight is 469 g/mol. The lowest BCUT2D eigenvalue weighted by atomic mass is 10.1. The summed E-state index contributed by atoms with van der Waals surface area (Å²) < 4.78 is 7.14. The van der Waals surface area contributed by atoms with Crippen LogP contribution in [0.4, 0.5) is 0 Å². The van der Waals surface area contributed by atoms with Crippen LogP contribution in [0, 0.1) is 6.92 Å². The third-order valence-electron chi connectivity index (χ3n) is 5.94. The first-order chi connectivity index (χ1) is 15.5. The number of halogens is 1. The second-order valence-corrected chi connectivity index (χ2v) is 9.43. The third-order valence-corrected chi connectivity index (χ3v) is 7.27. The van der Waals surface area contributed by atoms with Gasteiger partial charge in [-0.2, -0.15) is 0 Å². The molecule has 1 amide bonds. The lowest BCUT2D eigenvalue weighted by Crippen LogP contribution is -2.34. The van der Waals surface area contributed by atoms with Crippen molar-refractivity contribution in [3.05, 3.63) is 63.9 Å². The van der Waals surface area contributed by atoms with E-state index in [9.17, 15) is 9.59 Å². The number of nitrogens with zero attached hydrogens (tertiary/aromatic N) is 3. The summed E-state index contributed by atoms with van der Waals surface area (Å²) in [5, 5.41) is 8.94. The maximum Gasteiger partial charge on any atom is 0.264 e. The number of fused-ring (bicyclic) bond motifs is 3. The van der Waals surface area contributed by atoms with Crippen LogP contribution < -0.4 is 10.9 Å². The second-order valence-electron chi connectivity index (χ2n) is 7.97. The number of amides is 1. The molecule has 7 nitrogen and oxygen atoms in total. The van der Waals surface area contributed by atoms with E-state index in [0.29, 0.717) is 33.9 Å². The van der Waals surface area contributed by atoms with Crippen LogP contribution in [-0.4, -0.2) is 32.4 Å². The Morgan fingerprint density at radius 1 is 1.25 bits per heavy atom. The van der Waals surface area contributed by atoms with Crippen molar-refractivity contribution >= 4 is 51.1 Å². The van der Waals surface area contributed by atoms with Gasteiger partial charge >= 0.3 is 0 Å². The number of hydrogen-bond donors (Lipinski definition) is 1. The van der Waals surface area contributed by atoms with Gasteiger partial charge in [0, 0.05) is 34.8 Å². The molecule has 0 radical (unpaired) electrons. The summed E-state index contributed by atoms with van der Waals surface area (Å²) in [5.74, 6) is 0.815. The van der Waals surface area contributed by atoms with Crippen LogP contribution >= 0.6 is 23.4 Å². The molecular weight excluding hydrogens is 448 g/mol. The van der Waals surface area contributed by atoms with Crippen LogP contribution in [-0.2, 0) is 4.79 Å². The van der Waals surface area contributed by atoms with Crippen molar-refractivity contribution in [2.45, 2.75) is 43.2 Å². The quantitative estimate of drug-likeness (QED) is 0.434. The van der Waals surface area contributed by atoms with E-state index in [1.54, 1.807) is 25.4 Å². The Kier molecular flexibility index (Phi) is 5.65. The smallest absolute Gasteiger partial charge is 0.264 e. The summed E-state index contributed by atoms with van der Waals surface area (Å²) in [7, 11) is 0. The molecule has 32 heavy (non-hydrogen) atoms. The zero-order valence-corrected chi connectivity index (χ0v) is 18.9. The highest BCUT2D eigenvalue weighted by atomic mass is 35.5. The molecule has 3 aromatic heterocycles. The number of aryl methyl sites for hydroxylation is 1. The van der Waals surface area contributed by atoms with Gasteiger partial charge in [0.1, 0.15) is 16.7 Å². The maximum atomic E-state index is 13.4. The number of thioether (sulfide) groups is 1. The van der Waals surface area contributed by atoms with Crippen LogP contribution in [0.25, 0.3) is 21.8 Å². The molecule has 1 fully saturated rings. The zero-order valence-electron chi connectivity index (χ0n) is 17.4. The number of nitrogens with one attached hydrogen (secondary N) is 1. The molecule has 1 aromatic carbocycles. The number of aromatic nitrogens is 3. The molecule has 0 saturated heterocycles. The predicted octanol–water partition coefficient (Wildman–Crippen LogP) is 4.50. The molecule has 0 bridgehead atoms. The summed E-state index contributed by atoms with van der Waals surface area (Å²) in [5.41, 5.74) is 1.12. The van der Waals surface area contributed by atoms with Gasteiger partial charge in [-0.3, -0.25) is 14.6 Å². The largest absolute Gasteiger partial charge is 0.360 e. The molecule has 4 aromatic rings. The first-order valence-electron chi connectivity index (χ1n) is 10.4. The summed E-state index contributed by atoms with van der Waals surface area (Å²) in [6.07, 6.45) is 5.71. The fourth-order valence-electron chi connectivity index (χ4n) is 4.51. The fourth-order valence-corrected chi connectivity index (χ4v) is 5.47. The molecular formula is C23H21ClN4O3S.